The maximum absolute atomic E-state index is 10.8. The van der Waals surface area contributed by atoms with Gasteiger partial charge in [-0.15, -0.1) is 0 Å². The standard InChI is InChI=1S/C14H21NO/c1-10(2)15(11(3)4)14-7-6-13(9-16)12(5)8-14/h6-11H,1-5H3. The Morgan fingerprint density at radius 2 is 1.69 bits per heavy atom. The summed E-state index contributed by atoms with van der Waals surface area (Å²) in [6.07, 6.45) is 0.911. The number of hydrogen-bond acceptors (Lipinski definition) is 2. The minimum Gasteiger partial charge on any atom is -0.367 e. The third kappa shape index (κ3) is 2.63. The number of benzene rings is 1. The Morgan fingerprint density at radius 1 is 1.12 bits per heavy atom. The van der Waals surface area contributed by atoms with Gasteiger partial charge in [-0.05, 0) is 58.4 Å². The summed E-state index contributed by atoms with van der Waals surface area (Å²) < 4.78 is 0. The molecule has 1 rings (SSSR count). The number of nitrogens with zero attached hydrogens (tertiary/aromatic N) is 1. The van der Waals surface area contributed by atoms with E-state index in [-0.39, 0.29) is 0 Å². The second-order valence-corrected chi connectivity index (χ2v) is 4.75. The molecule has 0 aromatic heterocycles. The summed E-state index contributed by atoms with van der Waals surface area (Å²) in [5.74, 6) is 0. The van der Waals surface area contributed by atoms with E-state index in [4.69, 9.17) is 0 Å². The number of aryl methyl sites for hydroxylation is 1. The van der Waals surface area contributed by atoms with Crippen molar-refractivity contribution in [1.82, 2.24) is 0 Å². The molecular formula is C14H21NO. The average Bonchev–Trinajstić information content (AvgIpc) is 2.16. The molecule has 0 saturated carbocycles. The first-order chi connectivity index (χ1) is 7.47. The molecule has 0 atom stereocenters. The number of carbonyl (C=O) groups excluding carboxylic acids is 1. The maximum atomic E-state index is 10.8. The highest BCUT2D eigenvalue weighted by Gasteiger charge is 2.14. The van der Waals surface area contributed by atoms with Crippen LogP contribution in [0.3, 0.4) is 0 Å². The number of anilines is 1. The SMILES string of the molecule is Cc1cc(N(C(C)C)C(C)C)ccc1C=O. The number of rotatable bonds is 4. The Balaban J connectivity index is 3.11. The van der Waals surface area contributed by atoms with Crippen molar-refractivity contribution in [3.8, 4) is 0 Å². The van der Waals surface area contributed by atoms with Crippen LogP contribution >= 0.6 is 0 Å². The van der Waals surface area contributed by atoms with Gasteiger partial charge < -0.3 is 4.90 Å². The Bertz CT molecular complexity index is 361. The highest BCUT2D eigenvalue weighted by Crippen LogP contribution is 2.22. The Labute approximate surface area is 98.3 Å². The molecule has 0 amide bonds. The van der Waals surface area contributed by atoms with Crippen LogP contribution in [0.2, 0.25) is 0 Å². The molecule has 0 bridgehead atoms. The molecule has 1 aromatic carbocycles. The van der Waals surface area contributed by atoms with Crippen LogP contribution in [-0.2, 0) is 0 Å². The fourth-order valence-electron chi connectivity index (χ4n) is 2.15. The first-order valence-electron chi connectivity index (χ1n) is 5.81. The highest BCUT2D eigenvalue weighted by molar-refractivity contribution is 5.78. The molecule has 0 aliphatic carbocycles. The van der Waals surface area contributed by atoms with Gasteiger partial charge in [0.15, 0.2) is 0 Å². The summed E-state index contributed by atoms with van der Waals surface area (Å²) >= 11 is 0. The van der Waals surface area contributed by atoms with Gasteiger partial charge in [-0.25, -0.2) is 0 Å². The molecule has 0 spiro atoms. The third-order valence-electron chi connectivity index (χ3n) is 2.79. The third-order valence-corrected chi connectivity index (χ3v) is 2.79. The van der Waals surface area contributed by atoms with Crippen molar-refractivity contribution in [2.24, 2.45) is 0 Å². The molecule has 0 heterocycles. The normalized spacial score (nSPS) is 10.9. The van der Waals surface area contributed by atoms with Gasteiger partial charge >= 0.3 is 0 Å². The van der Waals surface area contributed by atoms with Gasteiger partial charge in [0.2, 0.25) is 0 Å². The molecule has 0 saturated heterocycles. The Kier molecular flexibility index (Phi) is 4.11. The van der Waals surface area contributed by atoms with Crippen molar-refractivity contribution in [2.45, 2.75) is 46.7 Å². The quantitative estimate of drug-likeness (QED) is 0.723. The molecule has 88 valence electrons. The van der Waals surface area contributed by atoms with E-state index < -0.39 is 0 Å². The van der Waals surface area contributed by atoms with Crippen molar-refractivity contribution < 1.29 is 4.79 Å². The lowest BCUT2D eigenvalue weighted by atomic mass is 10.1. The van der Waals surface area contributed by atoms with Crippen LogP contribution in [0.1, 0.15) is 43.6 Å². The summed E-state index contributed by atoms with van der Waals surface area (Å²) in [5, 5.41) is 0. The predicted molar refractivity (Wildman–Crippen MR) is 69.3 cm³/mol. The molecule has 16 heavy (non-hydrogen) atoms. The fraction of sp³-hybridized carbons (Fsp3) is 0.500. The second-order valence-electron chi connectivity index (χ2n) is 4.75. The van der Waals surface area contributed by atoms with Gasteiger partial charge in [0.05, 0.1) is 0 Å². The molecule has 0 aliphatic rings. The van der Waals surface area contributed by atoms with E-state index in [2.05, 4.69) is 38.7 Å². The van der Waals surface area contributed by atoms with Crippen LogP contribution in [0.15, 0.2) is 18.2 Å². The molecule has 1 aromatic rings. The minimum absolute atomic E-state index is 0.460. The Hall–Kier alpha value is -1.31. The number of carbonyl (C=O) groups is 1. The van der Waals surface area contributed by atoms with Gasteiger partial charge in [-0.3, -0.25) is 4.79 Å². The average molecular weight is 219 g/mol. The highest BCUT2D eigenvalue weighted by atomic mass is 16.1. The zero-order chi connectivity index (χ0) is 12.3. The molecule has 0 fully saturated rings. The maximum Gasteiger partial charge on any atom is 0.150 e. The largest absolute Gasteiger partial charge is 0.367 e. The van der Waals surface area contributed by atoms with Crippen molar-refractivity contribution in [3.05, 3.63) is 29.3 Å². The summed E-state index contributed by atoms with van der Waals surface area (Å²) in [5.41, 5.74) is 3.00. The first kappa shape index (κ1) is 12.8. The zero-order valence-electron chi connectivity index (χ0n) is 10.8. The van der Waals surface area contributed by atoms with E-state index in [1.54, 1.807) is 0 Å². The lowest BCUT2D eigenvalue weighted by Gasteiger charge is -2.33. The van der Waals surface area contributed by atoms with Gasteiger partial charge in [0, 0.05) is 23.3 Å². The van der Waals surface area contributed by atoms with Crippen molar-refractivity contribution in [3.63, 3.8) is 0 Å². The molecule has 0 radical (unpaired) electrons. The topological polar surface area (TPSA) is 20.3 Å². The van der Waals surface area contributed by atoms with E-state index in [1.165, 1.54) is 5.69 Å². The van der Waals surface area contributed by atoms with Gasteiger partial charge in [0.25, 0.3) is 0 Å². The van der Waals surface area contributed by atoms with Crippen LogP contribution < -0.4 is 4.90 Å². The smallest absolute Gasteiger partial charge is 0.150 e. The second kappa shape index (κ2) is 5.15. The zero-order valence-corrected chi connectivity index (χ0v) is 10.8. The fourth-order valence-corrected chi connectivity index (χ4v) is 2.15. The van der Waals surface area contributed by atoms with Gasteiger partial charge in [0.1, 0.15) is 6.29 Å². The molecule has 0 aliphatic heterocycles. The van der Waals surface area contributed by atoms with E-state index in [0.29, 0.717) is 12.1 Å². The monoisotopic (exact) mass is 219 g/mol. The van der Waals surface area contributed by atoms with Crippen LogP contribution in [0.5, 0.6) is 0 Å². The molecule has 2 nitrogen and oxygen atoms in total. The predicted octanol–water partition coefficient (Wildman–Crippen LogP) is 3.43. The minimum atomic E-state index is 0.460. The van der Waals surface area contributed by atoms with Crippen LogP contribution in [-0.4, -0.2) is 18.4 Å². The van der Waals surface area contributed by atoms with E-state index >= 15 is 0 Å². The summed E-state index contributed by atoms with van der Waals surface area (Å²) in [6.45, 7) is 10.7. The van der Waals surface area contributed by atoms with Crippen LogP contribution in [0.4, 0.5) is 5.69 Å². The molecular weight excluding hydrogens is 198 g/mol. The molecule has 0 unspecified atom stereocenters. The first-order valence-corrected chi connectivity index (χ1v) is 5.81. The van der Waals surface area contributed by atoms with Crippen molar-refractivity contribution in [1.29, 1.82) is 0 Å². The van der Waals surface area contributed by atoms with Gasteiger partial charge in [-0.1, -0.05) is 0 Å². The molecule has 2 heteroatoms. The lowest BCUT2D eigenvalue weighted by molar-refractivity contribution is 0.112. The number of aldehydes is 1. The molecule has 0 N–H and O–H groups in total. The van der Waals surface area contributed by atoms with E-state index in [0.717, 1.165) is 17.4 Å². The van der Waals surface area contributed by atoms with Crippen LogP contribution in [0, 0.1) is 6.92 Å². The summed E-state index contributed by atoms with van der Waals surface area (Å²) in [7, 11) is 0. The van der Waals surface area contributed by atoms with E-state index in [1.807, 2.05) is 19.1 Å². The summed E-state index contributed by atoms with van der Waals surface area (Å²) in [6, 6.07) is 6.93. The lowest BCUT2D eigenvalue weighted by Crippen LogP contribution is -2.37. The van der Waals surface area contributed by atoms with Crippen molar-refractivity contribution in [2.75, 3.05) is 4.90 Å². The number of hydrogen-bond donors (Lipinski definition) is 0. The van der Waals surface area contributed by atoms with E-state index in [9.17, 15) is 4.79 Å². The van der Waals surface area contributed by atoms with Crippen LogP contribution in [0.25, 0.3) is 0 Å². The Morgan fingerprint density at radius 3 is 2.06 bits per heavy atom. The van der Waals surface area contributed by atoms with Gasteiger partial charge in [-0.2, -0.15) is 0 Å². The van der Waals surface area contributed by atoms with Crippen molar-refractivity contribution >= 4 is 12.0 Å². The summed E-state index contributed by atoms with van der Waals surface area (Å²) in [4.78, 5) is 13.1.